The van der Waals surface area contributed by atoms with Crippen LogP contribution in [-0.2, 0) is 0 Å². The minimum atomic E-state index is -0.668. The maximum Gasteiger partial charge on any atom is 0.254 e. The Morgan fingerprint density at radius 3 is 2.82 bits per heavy atom. The van der Waals surface area contributed by atoms with E-state index in [0.717, 1.165) is 6.42 Å². The third kappa shape index (κ3) is 3.23. The predicted octanol–water partition coefficient (Wildman–Crippen LogP) is 0.669. The Morgan fingerprint density at radius 1 is 1.50 bits per heavy atom. The molecule has 0 bridgehead atoms. The van der Waals surface area contributed by atoms with Gasteiger partial charge in [0, 0.05) is 35.8 Å². The number of nitrogens with zero attached hydrogens (tertiary/aromatic N) is 1. The third-order valence-electron chi connectivity index (χ3n) is 4.46. The summed E-state index contributed by atoms with van der Waals surface area (Å²) in [6, 6.07) is 2.94. The smallest absolute Gasteiger partial charge is 0.254 e. The van der Waals surface area contributed by atoms with Gasteiger partial charge in [-0.1, -0.05) is 13.3 Å². The Bertz CT molecular complexity index is 598. The van der Waals surface area contributed by atoms with E-state index in [1.54, 1.807) is 17.9 Å². The first-order valence-electron chi connectivity index (χ1n) is 7.71. The van der Waals surface area contributed by atoms with Gasteiger partial charge in [0.25, 0.3) is 5.91 Å². The number of nitrogens with one attached hydrogen (secondary N) is 1. The zero-order valence-electron chi connectivity index (χ0n) is 13.1. The SMILES string of the molecule is CCC[C@]1(CO)CN(C(=O)c2cc(C)[nH]c(=O)c2)CC[C@H]1O. The Labute approximate surface area is 129 Å². The molecule has 1 aromatic heterocycles. The van der Waals surface area contributed by atoms with Crippen molar-refractivity contribution in [2.75, 3.05) is 19.7 Å². The molecule has 0 spiro atoms. The van der Waals surface area contributed by atoms with Gasteiger partial charge in [0.05, 0.1) is 12.7 Å². The van der Waals surface area contributed by atoms with Crippen molar-refractivity contribution in [1.82, 2.24) is 9.88 Å². The van der Waals surface area contributed by atoms with Crippen molar-refractivity contribution in [3.63, 3.8) is 0 Å². The topological polar surface area (TPSA) is 93.6 Å². The van der Waals surface area contributed by atoms with E-state index in [2.05, 4.69) is 4.98 Å². The molecule has 1 aliphatic rings. The molecule has 2 heterocycles. The van der Waals surface area contributed by atoms with Gasteiger partial charge in [0.2, 0.25) is 5.56 Å². The fraction of sp³-hybridized carbons (Fsp3) is 0.625. The molecule has 2 rings (SSSR count). The minimum absolute atomic E-state index is 0.153. The molecule has 6 nitrogen and oxygen atoms in total. The molecule has 6 heteroatoms. The van der Waals surface area contributed by atoms with Gasteiger partial charge in [-0.3, -0.25) is 9.59 Å². The van der Waals surface area contributed by atoms with E-state index in [-0.39, 0.29) is 18.1 Å². The van der Waals surface area contributed by atoms with Crippen LogP contribution in [0, 0.1) is 12.3 Å². The third-order valence-corrected chi connectivity index (χ3v) is 4.46. The first-order valence-corrected chi connectivity index (χ1v) is 7.71. The number of rotatable bonds is 4. The fourth-order valence-electron chi connectivity index (χ4n) is 3.29. The number of aromatic amines is 1. The Kier molecular flexibility index (Phi) is 5.03. The molecule has 0 aromatic carbocycles. The van der Waals surface area contributed by atoms with Crippen LogP contribution in [0.15, 0.2) is 16.9 Å². The van der Waals surface area contributed by atoms with Crippen LogP contribution in [-0.4, -0.2) is 51.8 Å². The normalized spacial score (nSPS) is 25.3. The van der Waals surface area contributed by atoms with Crippen molar-refractivity contribution in [2.45, 2.75) is 39.2 Å². The molecule has 1 amide bonds. The standard InChI is InChI=1S/C16H24N2O4/c1-3-5-16(10-19)9-18(6-4-13(16)20)15(22)12-7-11(2)17-14(21)8-12/h7-8,13,19-20H,3-6,9-10H2,1-2H3,(H,17,21)/t13-,16-/m1/s1. The van der Waals surface area contributed by atoms with Gasteiger partial charge in [0.15, 0.2) is 0 Å². The summed E-state index contributed by atoms with van der Waals surface area (Å²) in [6.07, 6.45) is 1.31. The number of hydrogen-bond donors (Lipinski definition) is 3. The summed E-state index contributed by atoms with van der Waals surface area (Å²) in [5.41, 5.74) is 0.0112. The van der Waals surface area contributed by atoms with Crippen LogP contribution in [0.1, 0.15) is 42.2 Å². The molecule has 1 fully saturated rings. The van der Waals surface area contributed by atoms with E-state index in [1.165, 1.54) is 6.07 Å². The molecule has 1 aromatic rings. The van der Waals surface area contributed by atoms with Gasteiger partial charge in [-0.25, -0.2) is 0 Å². The highest BCUT2D eigenvalue weighted by Crippen LogP contribution is 2.35. The monoisotopic (exact) mass is 308 g/mol. The number of aromatic nitrogens is 1. The summed E-state index contributed by atoms with van der Waals surface area (Å²) in [5, 5.41) is 20.0. The second-order valence-electron chi connectivity index (χ2n) is 6.22. The number of likely N-dealkylation sites (tertiary alicyclic amines) is 1. The summed E-state index contributed by atoms with van der Waals surface area (Å²) in [7, 11) is 0. The van der Waals surface area contributed by atoms with E-state index >= 15 is 0 Å². The number of H-pyrrole nitrogens is 1. The summed E-state index contributed by atoms with van der Waals surface area (Å²) in [5.74, 6) is -0.227. The average molecular weight is 308 g/mol. The van der Waals surface area contributed by atoms with Gasteiger partial charge in [-0.15, -0.1) is 0 Å². The van der Waals surface area contributed by atoms with Crippen LogP contribution in [0.25, 0.3) is 0 Å². The highest BCUT2D eigenvalue weighted by atomic mass is 16.3. The zero-order chi connectivity index (χ0) is 16.3. The molecule has 2 atom stereocenters. The van der Waals surface area contributed by atoms with Gasteiger partial charge in [-0.2, -0.15) is 0 Å². The molecular formula is C16H24N2O4. The van der Waals surface area contributed by atoms with Crippen molar-refractivity contribution < 1.29 is 15.0 Å². The molecule has 122 valence electrons. The van der Waals surface area contributed by atoms with Crippen molar-refractivity contribution >= 4 is 5.91 Å². The number of amides is 1. The van der Waals surface area contributed by atoms with Gasteiger partial charge in [-0.05, 0) is 25.8 Å². The van der Waals surface area contributed by atoms with Crippen LogP contribution in [0.5, 0.6) is 0 Å². The number of hydrogen-bond acceptors (Lipinski definition) is 4. The zero-order valence-corrected chi connectivity index (χ0v) is 13.1. The van der Waals surface area contributed by atoms with Crippen molar-refractivity contribution in [3.8, 4) is 0 Å². The lowest BCUT2D eigenvalue weighted by Crippen LogP contribution is -2.55. The van der Waals surface area contributed by atoms with Crippen LogP contribution >= 0.6 is 0 Å². The Balaban J connectivity index is 2.25. The quantitative estimate of drug-likeness (QED) is 0.762. The number of piperidine rings is 1. The molecule has 0 aliphatic carbocycles. The summed E-state index contributed by atoms with van der Waals surface area (Å²) in [4.78, 5) is 28.4. The van der Waals surface area contributed by atoms with Gasteiger partial charge >= 0.3 is 0 Å². The number of aliphatic hydroxyl groups is 2. The van der Waals surface area contributed by atoms with E-state index in [1.807, 2.05) is 6.92 Å². The number of carbonyl (C=O) groups excluding carboxylic acids is 1. The molecule has 3 N–H and O–H groups in total. The number of pyridine rings is 1. The Morgan fingerprint density at radius 2 is 2.23 bits per heavy atom. The lowest BCUT2D eigenvalue weighted by atomic mass is 9.74. The minimum Gasteiger partial charge on any atom is -0.396 e. The molecule has 1 saturated heterocycles. The van der Waals surface area contributed by atoms with Gasteiger partial charge in [0.1, 0.15) is 0 Å². The van der Waals surface area contributed by atoms with Crippen molar-refractivity contribution in [3.05, 3.63) is 33.7 Å². The highest BCUT2D eigenvalue weighted by Gasteiger charge is 2.43. The molecular weight excluding hydrogens is 284 g/mol. The molecule has 0 radical (unpaired) electrons. The van der Waals surface area contributed by atoms with Crippen molar-refractivity contribution in [1.29, 1.82) is 0 Å². The molecule has 22 heavy (non-hydrogen) atoms. The maximum absolute atomic E-state index is 12.6. The predicted molar refractivity (Wildman–Crippen MR) is 82.8 cm³/mol. The second-order valence-corrected chi connectivity index (χ2v) is 6.22. The number of carbonyl (C=O) groups is 1. The van der Waals surface area contributed by atoms with Crippen molar-refractivity contribution in [2.24, 2.45) is 5.41 Å². The van der Waals surface area contributed by atoms with E-state index in [9.17, 15) is 19.8 Å². The largest absolute Gasteiger partial charge is 0.396 e. The average Bonchev–Trinajstić information content (AvgIpc) is 2.48. The lowest BCUT2D eigenvalue weighted by Gasteiger charge is -2.45. The van der Waals surface area contributed by atoms with E-state index < -0.39 is 11.5 Å². The first kappa shape index (κ1) is 16.7. The summed E-state index contributed by atoms with van der Waals surface area (Å²) in [6.45, 7) is 4.30. The van der Waals surface area contributed by atoms with Crippen LogP contribution in [0.3, 0.4) is 0 Å². The molecule has 0 unspecified atom stereocenters. The van der Waals surface area contributed by atoms with Crippen LogP contribution in [0.4, 0.5) is 0 Å². The maximum atomic E-state index is 12.6. The number of aliphatic hydroxyl groups excluding tert-OH is 2. The fourth-order valence-corrected chi connectivity index (χ4v) is 3.29. The lowest BCUT2D eigenvalue weighted by molar-refractivity contribution is -0.0720. The van der Waals surface area contributed by atoms with E-state index in [0.29, 0.717) is 37.2 Å². The number of aryl methyl sites for hydroxylation is 1. The summed E-state index contributed by atoms with van der Waals surface area (Å²) >= 11 is 0. The molecule has 1 aliphatic heterocycles. The Hall–Kier alpha value is -1.66. The first-order chi connectivity index (χ1) is 10.4. The highest BCUT2D eigenvalue weighted by molar-refractivity contribution is 5.94. The van der Waals surface area contributed by atoms with Crippen LogP contribution < -0.4 is 5.56 Å². The van der Waals surface area contributed by atoms with Crippen LogP contribution in [0.2, 0.25) is 0 Å². The molecule has 0 saturated carbocycles. The van der Waals surface area contributed by atoms with Gasteiger partial charge < -0.3 is 20.1 Å². The summed E-state index contributed by atoms with van der Waals surface area (Å²) < 4.78 is 0. The van der Waals surface area contributed by atoms with E-state index in [4.69, 9.17) is 0 Å². The second kappa shape index (κ2) is 6.62.